The van der Waals surface area contributed by atoms with Crippen molar-refractivity contribution >= 4 is 11.6 Å². The van der Waals surface area contributed by atoms with Crippen LogP contribution in [-0.2, 0) is 0 Å². The Balaban J connectivity index is 2.47. The first-order valence-electron chi connectivity index (χ1n) is 6.56. The van der Waals surface area contributed by atoms with Gasteiger partial charge in [-0.3, -0.25) is 9.78 Å². The summed E-state index contributed by atoms with van der Waals surface area (Å²) in [6, 6.07) is 3.70. The molecule has 1 aromatic rings. The van der Waals surface area contributed by atoms with E-state index in [1.54, 1.807) is 20.3 Å². The first kappa shape index (κ1) is 14.5. The van der Waals surface area contributed by atoms with Crippen LogP contribution in [0.1, 0.15) is 43.1 Å². The molecule has 0 aliphatic carbocycles. The summed E-state index contributed by atoms with van der Waals surface area (Å²) < 4.78 is 0. The Hall–Kier alpha value is -1.58. The zero-order valence-corrected chi connectivity index (χ0v) is 11.6. The highest BCUT2D eigenvalue weighted by molar-refractivity contribution is 5.92. The van der Waals surface area contributed by atoms with Crippen molar-refractivity contribution in [3.8, 4) is 0 Å². The third-order valence-electron chi connectivity index (χ3n) is 2.74. The van der Waals surface area contributed by atoms with Crippen molar-refractivity contribution in [1.29, 1.82) is 0 Å². The van der Waals surface area contributed by atoms with Gasteiger partial charge in [-0.05, 0) is 18.6 Å². The summed E-state index contributed by atoms with van der Waals surface area (Å²) in [5, 5.41) is 3.33. The lowest BCUT2D eigenvalue weighted by Gasteiger charge is -2.11. The van der Waals surface area contributed by atoms with Crippen molar-refractivity contribution in [1.82, 2.24) is 9.88 Å². The molecular formula is C14H23N3O. The zero-order chi connectivity index (χ0) is 13.4. The number of hydrogen-bond acceptors (Lipinski definition) is 3. The second kappa shape index (κ2) is 7.69. The summed E-state index contributed by atoms with van der Waals surface area (Å²) >= 11 is 0. The highest BCUT2D eigenvalue weighted by Gasteiger charge is 2.09. The van der Waals surface area contributed by atoms with Crippen molar-refractivity contribution in [2.75, 3.05) is 26.0 Å². The molecule has 4 heteroatoms. The van der Waals surface area contributed by atoms with Gasteiger partial charge in [-0.15, -0.1) is 0 Å². The van der Waals surface area contributed by atoms with Crippen LogP contribution in [0, 0.1) is 0 Å². The van der Waals surface area contributed by atoms with Crippen molar-refractivity contribution in [2.45, 2.75) is 32.6 Å². The third kappa shape index (κ3) is 4.73. The van der Waals surface area contributed by atoms with Crippen LogP contribution in [0.3, 0.4) is 0 Å². The Morgan fingerprint density at radius 2 is 2.11 bits per heavy atom. The van der Waals surface area contributed by atoms with Gasteiger partial charge in [-0.1, -0.05) is 26.2 Å². The minimum absolute atomic E-state index is 0.0652. The van der Waals surface area contributed by atoms with Gasteiger partial charge in [0.2, 0.25) is 0 Å². The number of nitrogens with zero attached hydrogens (tertiary/aromatic N) is 2. The second-order valence-corrected chi connectivity index (χ2v) is 4.62. The molecule has 4 nitrogen and oxygen atoms in total. The maximum absolute atomic E-state index is 11.7. The normalized spacial score (nSPS) is 10.2. The first-order valence-corrected chi connectivity index (χ1v) is 6.56. The molecule has 0 aliphatic heterocycles. The van der Waals surface area contributed by atoms with Crippen LogP contribution < -0.4 is 5.32 Å². The number of aromatic nitrogens is 1. The Morgan fingerprint density at radius 1 is 1.33 bits per heavy atom. The predicted octanol–water partition coefficient (Wildman–Crippen LogP) is 2.78. The van der Waals surface area contributed by atoms with Crippen LogP contribution in [0.25, 0.3) is 0 Å². The molecule has 1 rings (SSSR count). The molecule has 0 fully saturated rings. The molecular weight excluding hydrogens is 226 g/mol. The van der Waals surface area contributed by atoms with Crippen LogP contribution in [0.2, 0.25) is 0 Å². The van der Waals surface area contributed by atoms with Crippen molar-refractivity contribution in [3.63, 3.8) is 0 Å². The summed E-state index contributed by atoms with van der Waals surface area (Å²) in [6.45, 7) is 3.15. The number of carbonyl (C=O) groups excluding carboxylic acids is 1. The highest BCUT2D eigenvalue weighted by atomic mass is 16.2. The monoisotopic (exact) mass is 249 g/mol. The minimum atomic E-state index is -0.0652. The van der Waals surface area contributed by atoms with E-state index in [1.165, 1.54) is 24.2 Å². The summed E-state index contributed by atoms with van der Waals surface area (Å²) in [6.07, 6.45) is 6.61. The molecule has 1 amide bonds. The molecule has 0 saturated heterocycles. The number of hydrogen-bond donors (Lipinski definition) is 1. The van der Waals surface area contributed by atoms with Gasteiger partial charge in [0.1, 0.15) is 5.69 Å². The molecule has 0 unspecified atom stereocenters. The third-order valence-corrected chi connectivity index (χ3v) is 2.74. The molecule has 1 heterocycles. The lowest BCUT2D eigenvalue weighted by Crippen LogP contribution is -2.22. The van der Waals surface area contributed by atoms with Crippen molar-refractivity contribution < 1.29 is 4.79 Å². The fraction of sp³-hybridized carbons (Fsp3) is 0.571. The molecule has 0 saturated carbocycles. The number of nitrogens with one attached hydrogen (secondary N) is 1. The van der Waals surface area contributed by atoms with Crippen molar-refractivity contribution in [2.24, 2.45) is 0 Å². The lowest BCUT2D eigenvalue weighted by molar-refractivity contribution is 0.0822. The van der Waals surface area contributed by atoms with Gasteiger partial charge in [-0.25, -0.2) is 0 Å². The number of carbonyl (C=O) groups is 1. The molecule has 0 aromatic carbocycles. The summed E-state index contributed by atoms with van der Waals surface area (Å²) in [5.41, 5.74) is 1.45. The fourth-order valence-electron chi connectivity index (χ4n) is 1.67. The largest absolute Gasteiger partial charge is 0.385 e. The molecule has 0 aliphatic rings. The van der Waals surface area contributed by atoms with Gasteiger partial charge in [0.25, 0.3) is 5.91 Å². The quantitative estimate of drug-likeness (QED) is 0.756. The van der Waals surface area contributed by atoms with E-state index in [4.69, 9.17) is 0 Å². The summed E-state index contributed by atoms with van der Waals surface area (Å²) in [7, 11) is 3.46. The van der Waals surface area contributed by atoms with Gasteiger partial charge in [0.05, 0.1) is 0 Å². The topological polar surface area (TPSA) is 45.2 Å². The maximum Gasteiger partial charge on any atom is 0.272 e. The van der Waals surface area contributed by atoms with E-state index in [1.807, 2.05) is 12.1 Å². The van der Waals surface area contributed by atoms with Crippen LogP contribution in [0.5, 0.6) is 0 Å². The standard InChI is InChI=1S/C14H23N3O/c1-4-5-6-7-9-15-12-8-10-16-13(11-12)14(18)17(2)3/h8,10-11H,4-7,9H2,1-3H3,(H,15,16). The number of anilines is 1. The Labute approximate surface area is 109 Å². The summed E-state index contributed by atoms with van der Waals surface area (Å²) in [5.74, 6) is -0.0652. The predicted molar refractivity (Wildman–Crippen MR) is 74.9 cm³/mol. The highest BCUT2D eigenvalue weighted by Crippen LogP contribution is 2.10. The molecule has 0 radical (unpaired) electrons. The molecule has 0 atom stereocenters. The van der Waals surface area contributed by atoms with E-state index < -0.39 is 0 Å². The number of unbranched alkanes of at least 4 members (excludes halogenated alkanes) is 3. The molecule has 1 aromatic heterocycles. The van der Waals surface area contributed by atoms with E-state index in [0.717, 1.165) is 18.7 Å². The molecule has 0 spiro atoms. The minimum Gasteiger partial charge on any atom is -0.385 e. The first-order chi connectivity index (χ1) is 8.65. The van der Waals surface area contributed by atoms with Gasteiger partial charge < -0.3 is 10.2 Å². The Kier molecular flexibility index (Phi) is 6.19. The van der Waals surface area contributed by atoms with Crippen LogP contribution in [0.4, 0.5) is 5.69 Å². The van der Waals surface area contributed by atoms with E-state index in [-0.39, 0.29) is 5.91 Å². The Morgan fingerprint density at radius 3 is 2.78 bits per heavy atom. The average Bonchev–Trinajstić information content (AvgIpc) is 2.38. The van der Waals surface area contributed by atoms with Crippen LogP contribution in [-0.4, -0.2) is 36.4 Å². The van der Waals surface area contributed by atoms with Gasteiger partial charge in [0.15, 0.2) is 0 Å². The van der Waals surface area contributed by atoms with Gasteiger partial charge in [0, 0.05) is 32.5 Å². The fourth-order valence-corrected chi connectivity index (χ4v) is 1.67. The molecule has 1 N–H and O–H groups in total. The smallest absolute Gasteiger partial charge is 0.272 e. The van der Waals surface area contributed by atoms with Crippen molar-refractivity contribution in [3.05, 3.63) is 24.0 Å². The van der Waals surface area contributed by atoms with Crippen LogP contribution in [0.15, 0.2) is 18.3 Å². The molecule has 100 valence electrons. The SMILES string of the molecule is CCCCCCNc1ccnc(C(=O)N(C)C)c1. The number of amides is 1. The summed E-state index contributed by atoms with van der Waals surface area (Å²) in [4.78, 5) is 17.4. The van der Waals surface area contributed by atoms with E-state index in [9.17, 15) is 4.79 Å². The molecule has 0 bridgehead atoms. The molecule has 18 heavy (non-hydrogen) atoms. The van der Waals surface area contributed by atoms with Crippen LogP contribution >= 0.6 is 0 Å². The van der Waals surface area contributed by atoms with Gasteiger partial charge in [-0.2, -0.15) is 0 Å². The Bertz CT molecular complexity index is 377. The lowest BCUT2D eigenvalue weighted by atomic mass is 10.2. The second-order valence-electron chi connectivity index (χ2n) is 4.62. The maximum atomic E-state index is 11.7. The van der Waals surface area contributed by atoms with Gasteiger partial charge >= 0.3 is 0 Å². The van der Waals surface area contributed by atoms with E-state index in [0.29, 0.717) is 5.69 Å². The number of rotatable bonds is 7. The van der Waals surface area contributed by atoms with E-state index in [2.05, 4.69) is 17.2 Å². The average molecular weight is 249 g/mol. The zero-order valence-electron chi connectivity index (χ0n) is 11.6. The van der Waals surface area contributed by atoms with E-state index >= 15 is 0 Å². The number of pyridine rings is 1.